The summed E-state index contributed by atoms with van der Waals surface area (Å²) in [5, 5.41) is 12.9. The molecule has 2 amide bonds. The molecule has 10 heteroatoms. The first-order valence-corrected chi connectivity index (χ1v) is 11.1. The molecule has 0 saturated carbocycles. The first-order chi connectivity index (χ1) is 16.3. The molecule has 1 aliphatic rings. The van der Waals surface area contributed by atoms with Crippen LogP contribution in [0.1, 0.15) is 44.2 Å². The molecule has 0 fully saturated rings. The highest BCUT2D eigenvalue weighted by Crippen LogP contribution is 2.44. The number of fused-ring (bicyclic) bond motifs is 3. The second-order valence-corrected chi connectivity index (χ2v) is 9.07. The summed E-state index contributed by atoms with van der Waals surface area (Å²) in [5.74, 6) is -3.97. The molecule has 0 radical (unpaired) electrons. The summed E-state index contributed by atoms with van der Waals surface area (Å²) in [5.41, 5.74) is 0.478. The van der Waals surface area contributed by atoms with Gasteiger partial charge in [-0.15, -0.1) is 0 Å². The van der Waals surface area contributed by atoms with Crippen molar-refractivity contribution in [3.63, 3.8) is 0 Å². The Morgan fingerprint density at radius 1 is 1.00 bits per heavy atom. The van der Waals surface area contributed by atoms with Crippen LogP contribution in [0.5, 0.6) is 0 Å². The van der Waals surface area contributed by atoms with Crippen LogP contribution in [0, 0.1) is 5.92 Å². The first kappa shape index (κ1) is 26.1. The smallest absolute Gasteiger partial charge is 0.422 e. The minimum atomic E-state index is -5.25. The number of amides is 2. The fourth-order valence-corrected chi connectivity index (χ4v) is 4.06. The monoisotopic (exact) mass is 492 g/mol. The van der Waals surface area contributed by atoms with Crippen molar-refractivity contribution in [2.75, 3.05) is 6.61 Å². The highest BCUT2D eigenvalue weighted by Gasteiger charge is 2.59. The van der Waals surface area contributed by atoms with Crippen molar-refractivity contribution in [1.29, 1.82) is 0 Å². The summed E-state index contributed by atoms with van der Waals surface area (Å²) in [6.07, 6.45) is -6.26. The van der Waals surface area contributed by atoms with Gasteiger partial charge in [-0.05, 0) is 41.5 Å². The number of halogens is 3. The third-order valence-electron chi connectivity index (χ3n) is 6.03. The lowest BCUT2D eigenvalue weighted by molar-refractivity contribution is -0.207. The van der Waals surface area contributed by atoms with Crippen molar-refractivity contribution in [3.8, 4) is 11.1 Å². The number of carboxylic acids is 1. The van der Waals surface area contributed by atoms with Crippen LogP contribution in [0.2, 0.25) is 0 Å². The van der Waals surface area contributed by atoms with E-state index in [1.165, 1.54) is 5.32 Å². The fourth-order valence-electron chi connectivity index (χ4n) is 4.06. The van der Waals surface area contributed by atoms with E-state index in [0.717, 1.165) is 22.3 Å². The summed E-state index contributed by atoms with van der Waals surface area (Å²) >= 11 is 0. The number of hydrogen-bond donors (Lipinski definition) is 3. The lowest BCUT2D eigenvalue weighted by Gasteiger charge is -2.31. The molecular weight excluding hydrogens is 465 g/mol. The molecule has 0 aromatic heterocycles. The lowest BCUT2D eigenvalue weighted by atomic mass is 9.98. The number of rotatable bonds is 8. The van der Waals surface area contributed by atoms with Crippen molar-refractivity contribution in [2.45, 2.75) is 50.9 Å². The minimum absolute atomic E-state index is 0.0242. The molecule has 7 nitrogen and oxygen atoms in total. The van der Waals surface area contributed by atoms with E-state index < -0.39 is 35.7 Å². The molecule has 0 heterocycles. The van der Waals surface area contributed by atoms with Crippen LogP contribution in [0.3, 0.4) is 0 Å². The molecule has 0 saturated heterocycles. The van der Waals surface area contributed by atoms with Gasteiger partial charge in [-0.1, -0.05) is 62.4 Å². The number of carbonyl (C=O) groups excluding carboxylic acids is 2. The van der Waals surface area contributed by atoms with Gasteiger partial charge in [0.2, 0.25) is 11.4 Å². The number of ether oxygens (including phenoxy) is 1. The fraction of sp³-hybridized carbons (Fsp3) is 0.400. The molecule has 1 aliphatic carbocycles. The van der Waals surface area contributed by atoms with Crippen LogP contribution >= 0.6 is 0 Å². The van der Waals surface area contributed by atoms with E-state index in [2.05, 4.69) is 5.32 Å². The van der Waals surface area contributed by atoms with Gasteiger partial charge in [0.05, 0.1) is 0 Å². The van der Waals surface area contributed by atoms with Gasteiger partial charge in [0.25, 0.3) is 0 Å². The molecular formula is C25H27F3N2O5. The number of carbonyl (C=O) groups is 3. The Bertz CT molecular complexity index is 1070. The van der Waals surface area contributed by atoms with E-state index in [0.29, 0.717) is 6.92 Å². The maximum Gasteiger partial charge on any atom is 0.422 e. The second-order valence-electron chi connectivity index (χ2n) is 9.07. The predicted octanol–water partition coefficient (Wildman–Crippen LogP) is 4.46. The normalized spacial score (nSPS) is 15.5. The van der Waals surface area contributed by atoms with Crippen molar-refractivity contribution < 1.29 is 37.4 Å². The van der Waals surface area contributed by atoms with Gasteiger partial charge in [0.1, 0.15) is 12.6 Å². The van der Waals surface area contributed by atoms with Gasteiger partial charge in [-0.2, -0.15) is 13.2 Å². The highest BCUT2D eigenvalue weighted by atomic mass is 19.4. The van der Waals surface area contributed by atoms with Crippen LogP contribution < -0.4 is 10.6 Å². The largest absolute Gasteiger partial charge is 0.479 e. The summed E-state index contributed by atoms with van der Waals surface area (Å²) in [6, 6.07) is 13.9. The Hall–Kier alpha value is -3.56. The predicted molar refractivity (Wildman–Crippen MR) is 122 cm³/mol. The lowest BCUT2D eigenvalue weighted by Crippen LogP contribution is -2.65. The molecule has 2 unspecified atom stereocenters. The number of alkyl carbamates (subject to hydrolysis) is 1. The van der Waals surface area contributed by atoms with Gasteiger partial charge in [0, 0.05) is 5.92 Å². The number of benzene rings is 2. The SMILES string of the molecule is CC(C)CC(NC(=O)OCC1c2ccccc2-c2ccccc21)C(=O)NC(C)(C(=O)O)C(F)(F)F. The number of alkyl halides is 3. The summed E-state index contributed by atoms with van der Waals surface area (Å²) in [4.78, 5) is 36.5. The molecule has 2 aromatic rings. The van der Waals surface area contributed by atoms with E-state index in [9.17, 15) is 27.6 Å². The number of aliphatic carboxylic acids is 1. The van der Waals surface area contributed by atoms with Gasteiger partial charge >= 0.3 is 18.2 Å². The Kier molecular flexibility index (Phi) is 7.42. The molecule has 0 spiro atoms. The molecule has 2 aromatic carbocycles. The maximum atomic E-state index is 13.3. The van der Waals surface area contributed by atoms with Gasteiger partial charge in [0.15, 0.2) is 0 Å². The van der Waals surface area contributed by atoms with Gasteiger partial charge in [-0.3, -0.25) is 4.79 Å². The quantitative estimate of drug-likeness (QED) is 0.505. The average molecular weight is 492 g/mol. The Labute approximate surface area is 200 Å². The number of nitrogens with one attached hydrogen (secondary N) is 2. The summed E-state index contributed by atoms with van der Waals surface area (Å²) < 4.78 is 45.4. The Morgan fingerprint density at radius 3 is 1.97 bits per heavy atom. The van der Waals surface area contributed by atoms with Crippen LogP contribution in [0.25, 0.3) is 11.1 Å². The molecule has 3 N–H and O–H groups in total. The third kappa shape index (κ3) is 5.41. The molecule has 2 atom stereocenters. The molecule has 35 heavy (non-hydrogen) atoms. The molecule has 188 valence electrons. The van der Waals surface area contributed by atoms with Gasteiger partial charge < -0.3 is 20.5 Å². The maximum absolute atomic E-state index is 13.3. The Balaban J connectivity index is 1.72. The van der Waals surface area contributed by atoms with Crippen LogP contribution in [0.15, 0.2) is 48.5 Å². The van der Waals surface area contributed by atoms with E-state index in [4.69, 9.17) is 9.84 Å². The summed E-state index contributed by atoms with van der Waals surface area (Å²) in [6.45, 7) is 3.72. The standard InChI is InChI=1S/C25H27F3N2O5/c1-14(2)12-20(21(31)30-24(3,22(32)33)25(26,27)28)29-23(34)35-13-19-17-10-6-4-8-15(17)16-9-5-7-11-18(16)19/h4-11,14,19-20H,12-13H2,1-3H3,(H,29,34)(H,30,31)(H,32,33). The van der Waals surface area contributed by atoms with Crippen molar-refractivity contribution in [3.05, 3.63) is 59.7 Å². The van der Waals surface area contributed by atoms with E-state index >= 15 is 0 Å². The average Bonchev–Trinajstić information content (AvgIpc) is 3.09. The molecule has 3 rings (SSSR count). The van der Waals surface area contributed by atoms with E-state index in [1.807, 2.05) is 48.5 Å². The molecule has 0 aliphatic heterocycles. The Morgan fingerprint density at radius 2 is 1.51 bits per heavy atom. The number of carboxylic acid groups (broad SMARTS) is 1. The van der Waals surface area contributed by atoms with Crippen LogP contribution in [0.4, 0.5) is 18.0 Å². The summed E-state index contributed by atoms with van der Waals surface area (Å²) in [7, 11) is 0. The van der Waals surface area contributed by atoms with Crippen molar-refractivity contribution >= 4 is 18.0 Å². The number of hydrogen-bond acceptors (Lipinski definition) is 4. The van der Waals surface area contributed by atoms with E-state index in [1.54, 1.807) is 13.8 Å². The van der Waals surface area contributed by atoms with Crippen molar-refractivity contribution in [1.82, 2.24) is 10.6 Å². The zero-order valence-electron chi connectivity index (χ0n) is 19.5. The minimum Gasteiger partial charge on any atom is -0.479 e. The van der Waals surface area contributed by atoms with Crippen LogP contribution in [-0.2, 0) is 14.3 Å². The zero-order valence-corrected chi connectivity index (χ0v) is 19.5. The van der Waals surface area contributed by atoms with Gasteiger partial charge in [-0.25, -0.2) is 9.59 Å². The van der Waals surface area contributed by atoms with Crippen molar-refractivity contribution in [2.24, 2.45) is 5.92 Å². The zero-order chi connectivity index (χ0) is 26.0. The van der Waals surface area contributed by atoms with E-state index in [-0.39, 0.29) is 24.9 Å². The second kappa shape index (κ2) is 9.97. The molecule has 0 bridgehead atoms. The third-order valence-corrected chi connectivity index (χ3v) is 6.03. The van der Waals surface area contributed by atoms with Crippen LogP contribution in [-0.4, -0.2) is 47.4 Å². The highest BCUT2D eigenvalue weighted by molar-refractivity contribution is 5.91. The topological polar surface area (TPSA) is 105 Å². The first-order valence-electron chi connectivity index (χ1n) is 11.1.